The predicted octanol–water partition coefficient (Wildman–Crippen LogP) is 3.56. The van der Waals surface area contributed by atoms with Crippen LogP contribution in [0.15, 0.2) is 22.7 Å². The molecule has 1 fully saturated rings. The van der Waals surface area contributed by atoms with Crippen LogP contribution in [0.2, 0.25) is 0 Å². The Balaban J connectivity index is 2.04. The van der Waals surface area contributed by atoms with Crippen molar-refractivity contribution < 1.29 is 4.74 Å². The third-order valence-corrected chi connectivity index (χ3v) is 4.31. The second kappa shape index (κ2) is 6.92. The summed E-state index contributed by atoms with van der Waals surface area (Å²) < 4.78 is 6.96. The van der Waals surface area contributed by atoms with E-state index in [2.05, 4.69) is 65.1 Å². The SMILES string of the molecule is CCCNCc1ccc(N2CCOC(C)(C)C2)cc1Br. The molecule has 0 atom stereocenters. The summed E-state index contributed by atoms with van der Waals surface area (Å²) in [6.45, 7) is 11.2. The van der Waals surface area contributed by atoms with Crippen LogP contribution in [-0.2, 0) is 11.3 Å². The van der Waals surface area contributed by atoms with Crippen LogP contribution in [0.4, 0.5) is 5.69 Å². The van der Waals surface area contributed by atoms with E-state index in [1.807, 2.05) is 0 Å². The number of nitrogens with one attached hydrogen (secondary N) is 1. The molecule has 3 nitrogen and oxygen atoms in total. The molecule has 0 aliphatic carbocycles. The van der Waals surface area contributed by atoms with Gasteiger partial charge < -0.3 is 15.0 Å². The Labute approximate surface area is 130 Å². The van der Waals surface area contributed by atoms with Crippen LogP contribution in [0.1, 0.15) is 32.8 Å². The van der Waals surface area contributed by atoms with Crippen LogP contribution in [-0.4, -0.2) is 31.8 Å². The van der Waals surface area contributed by atoms with Gasteiger partial charge >= 0.3 is 0 Å². The molecule has 1 aliphatic heterocycles. The molecule has 2 rings (SSSR count). The summed E-state index contributed by atoms with van der Waals surface area (Å²) in [7, 11) is 0. The standard InChI is InChI=1S/C16H25BrN2O/c1-4-7-18-11-13-5-6-14(10-15(13)17)19-8-9-20-16(2,3)12-19/h5-6,10,18H,4,7-9,11-12H2,1-3H3. The van der Waals surface area contributed by atoms with E-state index in [9.17, 15) is 0 Å². The smallest absolute Gasteiger partial charge is 0.0801 e. The third-order valence-electron chi connectivity index (χ3n) is 3.57. The first-order valence-corrected chi connectivity index (χ1v) is 8.19. The maximum absolute atomic E-state index is 5.77. The average Bonchev–Trinajstić information content (AvgIpc) is 2.39. The van der Waals surface area contributed by atoms with Crippen LogP contribution in [0.5, 0.6) is 0 Å². The molecular weight excluding hydrogens is 316 g/mol. The lowest BCUT2D eigenvalue weighted by atomic mass is 10.1. The van der Waals surface area contributed by atoms with Crippen LogP contribution in [0.3, 0.4) is 0 Å². The molecule has 1 aliphatic rings. The van der Waals surface area contributed by atoms with Gasteiger partial charge in [0.05, 0.1) is 12.2 Å². The fraction of sp³-hybridized carbons (Fsp3) is 0.625. The lowest BCUT2D eigenvalue weighted by molar-refractivity contribution is -0.0276. The summed E-state index contributed by atoms with van der Waals surface area (Å²) in [6, 6.07) is 6.66. The Morgan fingerprint density at radius 1 is 1.40 bits per heavy atom. The van der Waals surface area contributed by atoms with Gasteiger partial charge in [0.1, 0.15) is 0 Å². The Hall–Kier alpha value is -0.580. The van der Waals surface area contributed by atoms with Crippen molar-refractivity contribution in [3.05, 3.63) is 28.2 Å². The Kier molecular flexibility index (Phi) is 5.47. The van der Waals surface area contributed by atoms with Gasteiger partial charge in [0.15, 0.2) is 0 Å². The van der Waals surface area contributed by atoms with Crippen molar-refractivity contribution in [2.45, 2.75) is 39.3 Å². The van der Waals surface area contributed by atoms with E-state index in [1.165, 1.54) is 22.1 Å². The largest absolute Gasteiger partial charge is 0.372 e. The fourth-order valence-corrected chi connectivity index (χ4v) is 3.02. The highest BCUT2D eigenvalue weighted by molar-refractivity contribution is 9.10. The molecule has 1 aromatic rings. The number of benzene rings is 1. The topological polar surface area (TPSA) is 24.5 Å². The van der Waals surface area contributed by atoms with Crippen molar-refractivity contribution in [2.75, 3.05) is 31.1 Å². The molecular formula is C16H25BrN2O. The number of halogens is 1. The molecule has 0 amide bonds. The lowest BCUT2D eigenvalue weighted by Gasteiger charge is -2.39. The zero-order chi connectivity index (χ0) is 14.6. The molecule has 1 aromatic carbocycles. The number of hydrogen-bond donors (Lipinski definition) is 1. The maximum atomic E-state index is 5.77. The van der Waals surface area contributed by atoms with E-state index in [0.717, 1.165) is 32.8 Å². The van der Waals surface area contributed by atoms with E-state index < -0.39 is 0 Å². The fourth-order valence-electron chi connectivity index (χ4n) is 2.51. The maximum Gasteiger partial charge on any atom is 0.0801 e. The molecule has 1 saturated heterocycles. The highest BCUT2D eigenvalue weighted by Gasteiger charge is 2.27. The van der Waals surface area contributed by atoms with Gasteiger partial charge in [-0.15, -0.1) is 0 Å². The van der Waals surface area contributed by atoms with Crippen LogP contribution < -0.4 is 10.2 Å². The molecule has 0 radical (unpaired) electrons. The minimum atomic E-state index is -0.0634. The third kappa shape index (κ3) is 4.21. The van der Waals surface area contributed by atoms with Gasteiger partial charge in [0, 0.05) is 29.8 Å². The monoisotopic (exact) mass is 340 g/mol. The zero-order valence-electron chi connectivity index (χ0n) is 12.7. The van der Waals surface area contributed by atoms with Gasteiger partial charge in [-0.25, -0.2) is 0 Å². The molecule has 20 heavy (non-hydrogen) atoms. The normalized spacial score (nSPS) is 18.3. The molecule has 0 bridgehead atoms. The molecule has 0 unspecified atom stereocenters. The van der Waals surface area contributed by atoms with Gasteiger partial charge in [0.25, 0.3) is 0 Å². The van der Waals surface area contributed by atoms with Gasteiger partial charge in [-0.3, -0.25) is 0 Å². The Morgan fingerprint density at radius 2 is 2.20 bits per heavy atom. The summed E-state index contributed by atoms with van der Waals surface area (Å²) in [5.41, 5.74) is 2.52. The quantitative estimate of drug-likeness (QED) is 0.829. The van der Waals surface area contributed by atoms with Gasteiger partial charge in [0.2, 0.25) is 0 Å². The Morgan fingerprint density at radius 3 is 2.85 bits per heavy atom. The van der Waals surface area contributed by atoms with Crippen molar-refractivity contribution >= 4 is 21.6 Å². The summed E-state index contributed by atoms with van der Waals surface area (Å²) >= 11 is 3.70. The van der Waals surface area contributed by atoms with Gasteiger partial charge in [-0.1, -0.05) is 28.9 Å². The highest BCUT2D eigenvalue weighted by Crippen LogP contribution is 2.27. The van der Waals surface area contributed by atoms with Crippen LogP contribution in [0, 0.1) is 0 Å². The molecule has 0 saturated carbocycles. The van der Waals surface area contributed by atoms with E-state index in [4.69, 9.17) is 4.74 Å². The van der Waals surface area contributed by atoms with E-state index in [-0.39, 0.29) is 5.60 Å². The first kappa shape index (κ1) is 15.8. The number of nitrogens with zero attached hydrogens (tertiary/aromatic N) is 1. The predicted molar refractivity (Wildman–Crippen MR) is 88.4 cm³/mol. The molecule has 0 aromatic heterocycles. The second-order valence-corrected chi connectivity index (χ2v) is 6.84. The first-order chi connectivity index (χ1) is 9.52. The number of rotatable bonds is 5. The number of hydrogen-bond acceptors (Lipinski definition) is 3. The average molecular weight is 341 g/mol. The second-order valence-electron chi connectivity index (χ2n) is 5.98. The van der Waals surface area contributed by atoms with Crippen molar-refractivity contribution in [1.29, 1.82) is 0 Å². The highest BCUT2D eigenvalue weighted by atomic mass is 79.9. The molecule has 4 heteroatoms. The van der Waals surface area contributed by atoms with Crippen LogP contribution in [0.25, 0.3) is 0 Å². The molecule has 112 valence electrons. The van der Waals surface area contributed by atoms with Crippen molar-refractivity contribution in [2.24, 2.45) is 0 Å². The Bertz CT molecular complexity index is 448. The summed E-state index contributed by atoms with van der Waals surface area (Å²) in [4.78, 5) is 2.40. The molecule has 0 spiro atoms. The van der Waals surface area contributed by atoms with Gasteiger partial charge in [-0.2, -0.15) is 0 Å². The van der Waals surface area contributed by atoms with Crippen molar-refractivity contribution in [3.8, 4) is 0 Å². The summed E-state index contributed by atoms with van der Waals surface area (Å²) in [5.74, 6) is 0. The minimum Gasteiger partial charge on any atom is -0.372 e. The van der Waals surface area contributed by atoms with E-state index >= 15 is 0 Å². The molecule has 1 heterocycles. The first-order valence-electron chi connectivity index (χ1n) is 7.40. The number of anilines is 1. The van der Waals surface area contributed by atoms with Gasteiger partial charge in [-0.05, 0) is 44.5 Å². The van der Waals surface area contributed by atoms with Crippen LogP contribution >= 0.6 is 15.9 Å². The number of morpholine rings is 1. The number of ether oxygens (including phenoxy) is 1. The van der Waals surface area contributed by atoms with Crippen molar-refractivity contribution in [1.82, 2.24) is 5.32 Å². The molecule has 1 N–H and O–H groups in total. The summed E-state index contributed by atoms with van der Waals surface area (Å²) in [6.07, 6.45) is 1.17. The lowest BCUT2D eigenvalue weighted by Crippen LogP contribution is -2.48. The van der Waals surface area contributed by atoms with E-state index in [0.29, 0.717) is 0 Å². The minimum absolute atomic E-state index is 0.0634. The zero-order valence-corrected chi connectivity index (χ0v) is 14.3. The summed E-state index contributed by atoms with van der Waals surface area (Å²) in [5, 5.41) is 3.44. The van der Waals surface area contributed by atoms with E-state index in [1.54, 1.807) is 0 Å². The van der Waals surface area contributed by atoms with Crippen molar-refractivity contribution in [3.63, 3.8) is 0 Å².